The number of benzene rings is 1. The summed E-state index contributed by atoms with van der Waals surface area (Å²) in [6.07, 6.45) is 1.68. The molecule has 21 heavy (non-hydrogen) atoms. The Morgan fingerprint density at radius 3 is 2.67 bits per heavy atom. The summed E-state index contributed by atoms with van der Waals surface area (Å²) in [5.41, 5.74) is 0.521. The fourth-order valence-corrected chi connectivity index (χ4v) is 3.21. The summed E-state index contributed by atoms with van der Waals surface area (Å²) in [7, 11) is 0. The van der Waals surface area contributed by atoms with Crippen molar-refractivity contribution in [2.45, 2.75) is 23.1 Å². The number of nitrogens with one attached hydrogen (secondary N) is 1. The number of nitrogens with zero attached hydrogens (tertiary/aromatic N) is 1. The second-order valence-corrected chi connectivity index (χ2v) is 6.43. The fourth-order valence-electron chi connectivity index (χ4n) is 1.44. The van der Waals surface area contributed by atoms with E-state index < -0.39 is 6.61 Å². The number of rotatable bonds is 6. The number of thiazole rings is 1. The number of hydrogen-bond acceptors (Lipinski definition) is 5. The highest BCUT2D eigenvalue weighted by atomic mass is 32.2. The van der Waals surface area contributed by atoms with E-state index in [4.69, 9.17) is 0 Å². The molecule has 4 nitrogen and oxygen atoms in total. The molecule has 1 unspecified atom stereocenters. The van der Waals surface area contributed by atoms with Crippen LogP contribution in [0, 0.1) is 0 Å². The van der Waals surface area contributed by atoms with Gasteiger partial charge >= 0.3 is 6.61 Å². The number of halogens is 2. The Hall–Kier alpha value is -1.67. The van der Waals surface area contributed by atoms with E-state index in [1.165, 1.54) is 47.4 Å². The number of carbonyl (C=O) groups excluding carboxylic acids is 1. The van der Waals surface area contributed by atoms with Crippen LogP contribution in [0.1, 0.15) is 6.92 Å². The SMILES string of the molecule is CC(Sc1nccs1)C(=O)Nc1ccc(OC(F)F)cc1. The van der Waals surface area contributed by atoms with Crippen LogP contribution in [0.15, 0.2) is 40.2 Å². The van der Waals surface area contributed by atoms with Crippen LogP contribution < -0.4 is 10.1 Å². The highest BCUT2D eigenvalue weighted by Crippen LogP contribution is 2.26. The van der Waals surface area contributed by atoms with E-state index in [0.29, 0.717) is 5.69 Å². The van der Waals surface area contributed by atoms with Crippen molar-refractivity contribution in [2.75, 3.05) is 5.32 Å². The molecule has 0 aliphatic carbocycles. The van der Waals surface area contributed by atoms with E-state index in [1.807, 2.05) is 5.38 Å². The Bertz CT molecular complexity index is 576. The Kier molecular flexibility index (Phi) is 5.51. The standard InChI is InChI=1S/C13H12F2N2O2S2/c1-8(21-13-16-6-7-20-13)11(18)17-9-2-4-10(5-3-9)19-12(14)15/h2-8,12H,1H3,(H,17,18). The fraction of sp³-hybridized carbons (Fsp3) is 0.231. The van der Waals surface area contributed by atoms with E-state index in [-0.39, 0.29) is 16.9 Å². The van der Waals surface area contributed by atoms with Gasteiger partial charge in [0, 0.05) is 17.3 Å². The molecule has 1 aromatic carbocycles. The van der Waals surface area contributed by atoms with Gasteiger partial charge in [0.05, 0.1) is 5.25 Å². The van der Waals surface area contributed by atoms with Crippen LogP contribution >= 0.6 is 23.1 Å². The summed E-state index contributed by atoms with van der Waals surface area (Å²) in [5.74, 6) is -0.133. The first-order valence-corrected chi connectivity index (χ1v) is 7.72. The Labute approximate surface area is 128 Å². The first kappa shape index (κ1) is 15.7. The number of hydrogen-bond donors (Lipinski definition) is 1. The Morgan fingerprint density at radius 2 is 2.10 bits per heavy atom. The monoisotopic (exact) mass is 330 g/mol. The van der Waals surface area contributed by atoms with Gasteiger partial charge in [-0.05, 0) is 31.2 Å². The molecule has 8 heteroatoms. The minimum Gasteiger partial charge on any atom is -0.435 e. The lowest BCUT2D eigenvalue weighted by Crippen LogP contribution is -2.22. The van der Waals surface area contributed by atoms with E-state index in [9.17, 15) is 13.6 Å². The molecule has 0 aliphatic heterocycles. The molecule has 1 amide bonds. The molecule has 0 saturated heterocycles. The van der Waals surface area contributed by atoms with Crippen LogP contribution in [0.3, 0.4) is 0 Å². The first-order chi connectivity index (χ1) is 10.0. The Morgan fingerprint density at radius 1 is 1.38 bits per heavy atom. The van der Waals surface area contributed by atoms with E-state index >= 15 is 0 Å². The molecule has 2 rings (SSSR count). The maximum atomic E-state index is 12.0. The summed E-state index contributed by atoms with van der Waals surface area (Å²) < 4.78 is 29.1. The van der Waals surface area contributed by atoms with E-state index in [1.54, 1.807) is 13.1 Å². The van der Waals surface area contributed by atoms with Gasteiger partial charge in [-0.3, -0.25) is 4.79 Å². The molecule has 1 N–H and O–H groups in total. The lowest BCUT2D eigenvalue weighted by atomic mass is 10.3. The molecule has 0 spiro atoms. The van der Waals surface area contributed by atoms with Crippen molar-refractivity contribution in [1.29, 1.82) is 0 Å². The third-order valence-electron chi connectivity index (χ3n) is 2.40. The molecule has 0 fully saturated rings. The van der Waals surface area contributed by atoms with Crippen molar-refractivity contribution >= 4 is 34.7 Å². The van der Waals surface area contributed by atoms with Gasteiger partial charge in [0.1, 0.15) is 5.75 Å². The lowest BCUT2D eigenvalue weighted by molar-refractivity contribution is -0.115. The zero-order chi connectivity index (χ0) is 15.2. The quantitative estimate of drug-likeness (QED) is 0.817. The molecule has 112 valence electrons. The van der Waals surface area contributed by atoms with Gasteiger partial charge in [0.2, 0.25) is 5.91 Å². The molecular weight excluding hydrogens is 318 g/mol. The topological polar surface area (TPSA) is 51.2 Å². The van der Waals surface area contributed by atoms with Crippen molar-refractivity contribution in [2.24, 2.45) is 0 Å². The normalized spacial score (nSPS) is 12.2. The third kappa shape index (κ3) is 4.98. The van der Waals surface area contributed by atoms with Crippen LogP contribution in [-0.2, 0) is 4.79 Å². The summed E-state index contributed by atoms with van der Waals surface area (Å²) in [6, 6.07) is 5.77. The van der Waals surface area contributed by atoms with Crippen molar-refractivity contribution in [3.63, 3.8) is 0 Å². The van der Waals surface area contributed by atoms with Gasteiger partial charge in [-0.2, -0.15) is 8.78 Å². The van der Waals surface area contributed by atoms with E-state index in [0.717, 1.165) is 4.34 Å². The van der Waals surface area contributed by atoms with Crippen LogP contribution in [0.2, 0.25) is 0 Å². The predicted octanol–water partition coefficient (Wildman–Crippen LogP) is 3.86. The van der Waals surface area contributed by atoms with Crippen molar-refractivity contribution < 1.29 is 18.3 Å². The molecular formula is C13H12F2N2O2S2. The maximum absolute atomic E-state index is 12.0. The minimum atomic E-state index is -2.86. The molecule has 2 aromatic rings. The summed E-state index contributed by atoms with van der Waals surface area (Å²) in [5, 5.41) is 4.24. The molecule has 1 aromatic heterocycles. The highest BCUT2D eigenvalue weighted by molar-refractivity contribution is 8.02. The van der Waals surface area contributed by atoms with Gasteiger partial charge < -0.3 is 10.1 Å². The van der Waals surface area contributed by atoms with Gasteiger partial charge in [-0.1, -0.05) is 11.8 Å². The number of alkyl halides is 2. The molecule has 0 radical (unpaired) electrons. The summed E-state index contributed by atoms with van der Waals surface area (Å²) in [6.45, 7) is -1.09. The van der Waals surface area contributed by atoms with Gasteiger partial charge in [-0.25, -0.2) is 4.98 Å². The number of amides is 1. The molecule has 1 heterocycles. The minimum absolute atomic E-state index is 0.0493. The molecule has 0 saturated carbocycles. The smallest absolute Gasteiger partial charge is 0.387 e. The number of ether oxygens (including phenoxy) is 1. The summed E-state index contributed by atoms with van der Waals surface area (Å²) >= 11 is 2.83. The number of aromatic nitrogens is 1. The zero-order valence-corrected chi connectivity index (χ0v) is 12.6. The lowest BCUT2D eigenvalue weighted by Gasteiger charge is -2.11. The highest BCUT2D eigenvalue weighted by Gasteiger charge is 2.16. The largest absolute Gasteiger partial charge is 0.435 e. The predicted molar refractivity (Wildman–Crippen MR) is 79.1 cm³/mol. The summed E-state index contributed by atoms with van der Waals surface area (Å²) in [4.78, 5) is 16.1. The van der Waals surface area contributed by atoms with Gasteiger partial charge in [0.15, 0.2) is 4.34 Å². The molecule has 0 aliphatic rings. The van der Waals surface area contributed by atoms with Crippen molar-refractivity contribution in [3.8, 4) is 5.75 Å². The third-order valence-corrected chi connectivity index (χ3v) is 4.42. The number of anilines is 1. The zero-order valence-electron chi connectivity index (χ0n) is 11.0. The second-order valence-electron chi connectivity index (χ2n) is 3.95. The maximum Gasteiger partial charge on any atom is 0.387 e. The first-order valence-electron chi connectivity index (χ1n) is 5.96. The number of carbonyl (C=O) groups is 1. The average molecular weight is 330 g/mol. The average Bonchev–Trinajstić information content (AvgIpc) is 2.93. The van der Waals surface area contributed by atoms with Crippen molar-refractivity contribution in [3.05, 3.63) is 35.8 Å². The molecule has 1 atom stereocenters. The van der Waals surface area contributed by atoms with Gasteiger partial charge in [-0.15, -0.1) is 11.3 Å². The second kappa shape index (κ2) is 7.37. The van der Waals surface area contributed by atoms with Crippen LogP contribution in [0.25, 0.3) is 0 Å². The molecule has 0 bridgehead atoms. The van der Waals surface area contributed by atoms with Crippen LogP contribution in [-0.4, -0.2) is 22.8 Å². The Balaban J connectivity index is 1.89. The van der Waals surface area contributed by atoms with E-state index in [2.05, 4.69) is 15.0 Å². The van der Waals surface area contributed by atoms with Crippen LogP contribution in [0.4, 0.5) is 14.5 Å². The van der Waals surface area contributed by atoms with Crippen molar-refractivity contribution in [1.82, 2.24) is 4.98 Å². The van der Waals surface area contributed by atoms with Gasteiger partial charge in [0.25, 0.3) is 0 Å². The van der Waals surface area contributed by atoms with Crippen LogP contribution in [0.5, 0.6) is 5.75 Å². The number of thioether (sulfide) groups is 1.